The van der Waals surface area contributed by atoms with Gasteiger partial charge in [-0.25, -0.2) is 0 Å². The molecule has 0 radical (unpaired) electrons. The lowest BCUT2D eigenvalue weighted by atomic mass is 10.1. The molecule has 1 aromatic rings. The summed E-state index contributed by atoms with van der Waals surface area (Å²) in [5.41, 5.74) is 1.10. The molecule has 1 aromatic carbocycles. The standard InChI is InChI=1S/C14H19NO4/c16-7-1-2-14(17)15-6-5-11-3-4-12-13(10-11)19-9-8-18-12/h3-4,10,16H,1-2,5-9H2,(H,15,17). The van der Waals surface area contributed by atoms with Gasteiger partial charge in [0.25, 0.3) is 0 Å². The fourth-order valence-corrected chi connectivity index (χ4v) is 1.92. The van der Waals surface area contributed by atoms with Crippen molar-refractivity contribution < 1.29 is 19.4 Å². The minimum atomic E-state index is -0.0217. The van der Waals surface area contributed by atoms with Gasteiger partial charge in [-0.2, -0.15) is 0 Å². The molecule has 1 aliphatic heterocycles. The second-order valence-corrected chi connectivity index (χ2v) is 4.41. The first-order valence-electron chi connectivity index (χ1n) is 6.55. The van der Waals surface area contributed by atoms with Crippen molar-refractivity contribution in [3.05, 3.63) is 23.8 Å². The molecule has 1 aliphatic rings. The van der Waals surface area contributed by atoms with E-state index in [4.69, 9.17) is 14.6 Å². The van der Waals surface area contributed by atoms with E-state index >= 15 is 0 Å². The highest BCUT2D eigenvalue weighted by atomic mass is 16.6. The molecule has 5 heteroatoms. The van der Waals surface area contributed by atoms with Crippen LogP contribution in [0.1, 0.15) is 18.4 Å². The Balaban J connectivity index is 1.78. The molecule has 2 rings (SSSR count). The zero-order chi connectivity index (χ0) is 13.5. The van der Waals surface area contributed by atoms with Crippen LogP contribution in [0.2, 0.25) is 0 Å². The molecule has 0 fully saturated rings. The van der Waals surface area contributed by atoms with Crippen molar-refractivity contribution in [2.24, 2.45) is 0 Å². The number of fused-ring (bicyclic) bond motifs is 1. The maximum Gasteiger partial charge on any atom is 0.220 e. The largest absolute Gasteiger partial charge is 0.486 e. The molecule has 1 amide bonds. The molecular formula is C14H19NO4. The molecule has 0 bridgehead atoms. The summed E-state index contributed by atoms with van der Waals surface area (Å²) in [6.45, 7) is 1.81. The smallest absolute Gasteiger partial charge is 0.220 e. The van der Waals surface area contributed by atoms with Crippen molar-refractivity contribution in [3.63, 3.8) is 0 Å². The lowest BCUT2D eigenvalue weighted by Crippen LogP contribution is -2.25. The van der Waals surface area contributed by atoms with Crippen LogP contribution in [0.25, 0.3) is 0 Å². The Kier molecular flexibility index (Phi) is 5.03. The molecule has 0 atom stereocenters. The van der Waals surface area contributed by atoms with Gasteiger partial charge in [0.2, 0.25) is 5.91 Å². The first-order chi connectivity index (χ1) is 9.29. The van der Waals surface area contributed by atoms with E-state index in [9.17, 15) is 4.79 Å². The normalized spacial score (nSPS) is 13.1. The number of nitrogens with one attached hydrogen (secondary N) is 1. The zero-order valence-electron chi connectivity index (χ0n) is 10.9. The number of amides is 1. The van der Waals surface area contributed by atoms with Gasteiger partial charge in [-0.05, 0) is 30.5 Å². The summed E-state index contributed by atoms with van der Waals surface area (Å²) in [5, 5.41) is 11.4. The van der Waals surface area contributed by atoms with E-state index in [2.05, 4.69) is 5.32 Å². The lowest BCUT2D eigenvalue weighted by Gasteiger charge is -2.18. The average Bonchev–Trinajstić information content (AvgIpc) is 2.45. The molecule has 5 nitrogen and oxygen atoms in total. The number of carbonyl (C=O) groups excluding carboxylic acids is 1. The number of ether oxygens (including phenoxy) is 2. The summed E-state index contributed by atoms with van der Waals surface area (Å²) >= 11 is 0. The average molecular weight is 265 g/mol. The second-order valence-electron chi connectivity index (χ2n) is 4.41. The molecule has 0 unspecified atom stereocenters. The van der Waals surface area contributed by atoms with Crippen LogP contribution in [0.15, 0.2) is 18.2 Å². The SMILES string of the molecule is O=C(CCCO)NCCc1ccc2c(c1)OCCO2. The van der Waals surface area contributed by atoms with Crippen molar-refractivity contribution in [2.45, 2.75) is 19.3 Å². The fraction of sp³-hybridized carbons (Fsp3) is 0.500. The molecule has 0 saturated heterocycles. The highest BCUT2D eigenvalue weighted by Crippen LogP contribution is 2.30. The van der Waals surface area contributed by atoms with Crippen LogP contribution in [0, 0.1) is 0 Å². The molecular weight excluding hydrogens is 246 g/mol. The highest BCUT2D eigenvalue weighted by molar-refractivity contribution is 5.75. The number of aliphatic hydroxyl groups is 1. The van der Waals surface area contributed by atoms with Crippen LogP contribution < -0.4 is 14.8 Å². The van der Waals surface area contributed by atoms with E-state index < -0.39 is 0 Å². The van der Waals surface area contributed by atoms with Crippen molar-refractivity contribution in [1.29, 1.82) is 0 Å². The van der Waals surface area contributed by atoms with Gasteiger partial charge in [0, 0.05) is 19.6 Å². The summed E-state index contributed by atoms with van der Waals surface area (Å²) in [4.78, 5) is 11.4. The summed E-state index contributed by atoms with van der Waals surface area (Å²) in [6, 6.07) is 5.83. The van der Waals surface area contributed by atoms with E-state index in [-0.39, 0.29) is 12.5 Å². The Hall–Kier alpha value is -1.75. The summed E-state index contributed by atoms with van der Waals surface area (Å²) < 4.78 is 11.0. The van der Waals surface area contributed by atoms with Crippen molar-refractivity contribution in [2.75, 3.05) is 26.4 Å². The Labute approximate surface area is 112 Å². The van der Waals surface area contributed by atoms with Crippen LogP contribution >= 0.6 is 0 Å². The highest BCUT2D eigenvalue weighted by Gasteiger charge is 2.11. The fourth-order valence-electron chi connectivity index (χ4n) is 1.92. The molecule has 0 saturated carbocycles. The number of rotatable bonds is 6. The lowest BCUT2D eigenvalue weighted by molar-refractivity contribution is -0.121. The van der Waals surface area contributed by atoms with Gasteiger partial charge in [-0.15, -0.1) is 0 Å². The van der Waals surface area contributed by atoms with Crippen LogP contribution in [0.4, 0.5) is 0 Å². The van der Waals surface area contributed by atoms with E-state index in [1.165, 1.54) is 0 Å². The zero-order valence-corrected chi connectivity index (χ0v) is 10.9. The van der Waals surface area contributed by atoms with Crippen LogP contribution in [-0.4, -0.2) is 37.4 Å². The van der Waals surface area contributed by atoms with E-state index in [1.807, 2.05) is 18.2 Å². The summed E-state index contributed by atoms with van der Waals surface area (Å²) in [7, 11) is 0. The topological polar surface area (TPSA) is 67.8 Å². The van der Waals surface area contributed by atoms with Crippen molar-refractivity contribution in [3.8, 4) is 11.5 Å². The van der Waals surface area contributed by atoms with Gasteiger partial charge < -0.3 is 19.9 Å². The quantitative estimate of drug-likeness (QED) is 0.801. The number of benzene rings is 1. The number of carbonyl (C=O) groups is 1. The van der Waals surface area contributed by atoms with E-state index in [0.717, 1.165) is 23.5 Å². The van der Waals surface area contributed by atoms with Gasteiger partial charge in [-0.1, -0.05) is 6.07 Å². The van der Waals surface area contributed by atoms with Gasteiger partial charge in [0.05, 0.1) is 0 Å². The minimum Gasteiger partial charge on any atom is -0.486 e. The maximum atomic E-state index is 11.4. The molecule has 2 N–H and O–H groups in total. The van der Waals surface area contributed by atoms with Crippen LogP contribution in [-0.2, 0) is 11.2 Å². The maximum absolute atomic E-state index is 11.4. The first kappa shape index (κ1) is 13.7. The third-order valence-corrected chi connectivity index (χ3v) is 2.90. The van der Waals surface area contributed by atoms with Crippen molar-refractivity contribution >= 4 is 5.91 Å². The van der Waals surface area contributed by atoms with E-state index in [1.54, 1.807) is 0 Å². The summed E-state index contributed by atoms with van der Waals surface area (Å²) in [6.07, 6.45) is 1.63. The number of hydrogen-bond donors (Lipinski definition) is 2. The molecule has 0 spiro atoms. The van der Waals surface area contributed by atoms with Gasteiger partial charge >= 0.3 is 0 Å². The van der Waals surface area contributed by atoms with E-state index in [0.29, 0.717) is 32.6 Å². The Bertz CT molecular complexity index is 433. The molecule has 104 valence electrons. The van der Waals surface area contributed by atoms with Crippen LogP contribution in [0.3, 0.4) is 0 Å². The molecule has 0 aromatic heterocycles. The summed E-state index contributed by atoms with van der Waals surface area (Å²) in [5.74, 6) is 1.53. The predicted octanol–water partition coefficient (Wildman–Crippen LogP) is 0.889. The third-order valence-electron chi connectivity index (χ3n) is 2.90. The number of hydrogen-bond acceptors (Lipinski definition) is 4. The predicted molar refractivity (Wildman–Crippen MR) is 70.5 cm³/mol. The van der Waals surface area contributed by atoms with Crippen molar-refractivity contribution in [1.82, 2.24) is 5.32 Å². The molecule has 0 aliphatic carbocycles. The molecule has 1 heterocycles. The second kappa shape index (κ2) is 6.99. The van der Waals surface area contributed by atoms with Crippen LogP contribution in [0.5, 0.6) is 11.5 Å². The molecule has 19 heavy (non-hydrogen) atoms. The minimum absolute atomic E-state index is 0.0217. The third kappa shape index (κ3) is 4.13. The van der Waals surface area contributed by atoms with Gasteiger partial charge in [0.1, 0.15) is 13.2 Å². The van der Waals surface area contributed by atoms with Gasteiger partial charge in [0.15, 0.2) is 11.5 Å². The Morgan fingerprint density at radius 3 is 2.84 bits per heavy atom. The number of aliphatic hydroxyl groups excluding tert-OH is 1. The first-order valence-corrected chi connectivity index (χ1v) is 6.55. The van der Waals surface area contributed by atoms with Gasteiger partial charge in [-0.3, -0.25) is 4.79 Å². The Morgan fingerprint density at radius 1 is 1.26 bits per heavy atom. The monoisotopic (exact) mass is 265 g/mol. The Morgan fingerprint density at radius 2 is 2.05 bits per heavy atom.